The number of benzene rings is 3. The van der Waals surface area contributed by atoms with Crippen LogP contribution in [0.15, 0.2) is 84.9 Å². The molecular weight excluding hydrogens is 628 g/mol. The van der Waals surface area contributed by atoms with Crippen molar-refractivity contribution in [1.82, 2.24) is 0 Å². The fourth-order valence-electron chi connectivity index (χ4n) is 7.84. The topological polar surface area (TPSA) is 86.7 Å². The normalized spacial score (nSPS) is 21.2. The highest BCUT2D eigenvalue weighted by Gasteiger charge is 2.36. The van der Waals surface area contributed by atoms with Gasteiger partial charge in [0.1, 0.15) is 25.3 Å². The molecule has 4 unspecified atom stereocenters. The zero-order chi connectivity index (χ0) is 35.7. The number of hydrogen-bond acceptors (Lipinski definition) is 6. The van der Waals surface area contributed by atoms with Crippen LogP contribution in [0.2, 0.25) is 0 Å². The van der Waals surface area contributed by atoms with Crippen molar-refractivity contribution in [2.45, 2.75) is 63.6 Å². The summed E-state index contributed by atoms with van der Waals surface area (Å²) in [5, 5.41) is 0. The van der Waals surface area contributed by atoms with E-state index in [0.717, 1.165) is 64.5 Å². The van der Waals surface area contributed by atoms with E-state index in [9.17, 15) is 19.2 Å². The van der Waals surface area contributed by atoms with Crippen LogP contribution in [-0.2, 0) is 9.47 Å². The summed E-state index contributed by atoms with van der Waals surface area (Å²) in [5.74, 6) is -0.174. The van der Waals surface area contributed by atoms with Crippen molar-refractivity contribution in [3.05, 3.63) is 107 Å². The number of carbonyl (C=O) groups excluding carboxylic acids is 4. The van der Waals surface area contributed by atoms with Gasteiger partial charge in [-0.05, 0) is 62.8 Å². The minimum Gasteiger partial charge on any atom is -0.458 e. The van der Waals surface area contributed by atoms with Gasteiger partial charge < -0.3 is 18.4 Å². The molecule has 2 aliphatic carbocycles. The second-order valence-corrected chi connectivity index (χ2v) is 15.7. The van der Waals surface area contributed by atoms with Crippen molar-refractivity contribution in [1.29, 1.82) is 0 Å². The molecule has 0 amide bonds. The maximum Gasteiger partial charge on any atom is 0.338 e. The number of quaternary nitrogens is 2. The number of likely N-dealkylation sites (N-methyl/N-ethyl adjacent to an activating group) is 2. The summed E-state index contributed by atoms with van der Waals surface area (Å²) in [6.45, 7) is 2.08. The molecule has 8 heteroatoms. The van der Waals surface area contributed by atoms with E-state index in [4.69, 9.17) is 9.47 Å². The Bertz CT molecular complexity index is 1480. The standard InChI is InChI=1S/C42H54N2O6/c1-43(2,27-35-19-11-13-21-39(35)49-41(47)33-15-7-5-8-16-33)29-37(45)31-23-25-32(26-24-31)38(46)30-44(3,4)28-36-20-12-14-22-40(36)50-42(48)34-17-9-6-10-18-34/h5-10,15-18,23-26,35-36,39-40H,11-14,19-22,27-30H2,1-4H3/q+2. The van der Waals surface area contributed by atoms with Gasteiger partial charge in [-0.1, -0.05) is 73.5 Å². The summed E-state index contributed by atoms with van der Waals surface area (Å²) in [7, 11) is 8.22. The molecule has 50 heavy (non-hydrogen) atoms. The van der Waals surface area contributed by atoms with Crippen LogP contribution in [0.5, 0.6) is 0 Å². The van der Waals surface area contributed by atoms with Crippen LogP contribution >= 0.6 is 0 Å². The van der Waals surface area contributed by atoms with E-state index < -0.39 is 0 Å². The number of Topliss-reactive ketones (excluding diaryl/α,β-unsaturated/α-hetero) is 2. The molecule has 266 valence electrons. The monoisotopic (exact) mass is 682 g/mol. The average molecular weight is 683 g/mol. The molecular formula is C42H54N2O6+2. The fourth-order valence-corrected chi connectivity index (χ4v) is 7.84. The lowest BCUT2D eigenvalue weighted by atomic mass is 9.85. The van der Waals surface area contributed by atoms with E-state index in [0.29, 0.717) is 44.3 Å². The predicted octanol–water partition coefficient (Wildman–Crippen LogP) is 7.04. The van der Waals surface area contributed by atoms with Crippen molar-refractivity contribution in [3.63, 3.8) is 0 Å². The summed E-state index contributed by atoms with van der Waals surface area (Å²) >= 11 is 0. The molecule has 5 rings (SSSR count). The van der Waals surface area contributed by atoms with Gasteiger partial charge in [0.25, 0.3) is 0 Å². The zero-order valence-corrected chi connectivity index (χ0v) is 30.2. The summed E-state index contributed by atoms with van der Waals surface area (Å²) in [6.07, 6.45) is 7.52. The number of esters is 2. The molecule has 2 aliphatic rings. The highest BCUT2D eigenvalue weighted by molar-refractivity contribution is 6.00. The second-order valence-electron chi connectivity index (χ2n) is 15.7. The highest BCUT2D eigenvalue weighted by atomic mass is 16.5. The summed E-state index contributed by atoms with van der Waals surface area (Å²) in [5.41, 5.74) is 2.29. The number of ketones is 2. The predicted molar refractivity (Wildman–Crippen MR) is 194 cm³/mol. The van der Waals surface area contributed by atoms with Crippen molar-refractivity contribution >= 4 is 23.5 Å². The number of carbonyl (C=O) groups is 4. The zero-order valence-electron chi connectivity index (χ0n) is 30.2. The molecule has 0 saturated heterocycles. The lowest BCUT2D eigenvalue weighted by Crippen LogP contribution is -2.50. The first-order valence-electron chi connectivity index (χ1n) is 18.2. The Hall–Kier alpha value is -4.14. The molecule has 3 aromatic rings. The fraction of sp³-hybridized carbons (Fsp3) is 0.476. The minimum atomic E-state index is -0.289. The Morgan fingerprint density at radius 1 is 0.500 bits per heavy atom. The highest BCUT2D eigenvalue weighted by Crippen LogP contribution is 2.31. The number of hydrogen-bond donors (Lipinski definition) is 0. The van der Waals surface area contributed by atoms with E-state index in [2.05, 4.69) is 28.2 Å². The second kappa shape index (κ2) is 16.7. The minimum absolute atomic E-state index is 0.0205. The number of rotatable bonds is 14. The molecule has 4 atom stereocenters. The Kier molecular flexibility index (Phi) is 12.4. The van der Waals surface area contributed by atoms with Crippen LogP contribution in [0.25, 0.3) is 0 Å². The molecule has 2 saturated carbocycles. The van der Waals surface area contributed by atoms with Gasteiger partial charge in [0.2, 0.25) is 11.6 Å². The van der Waals surface area contributed by atoms with Crippen LogP contribution in [-0.4, -0.2) is 99.0 Å². The SMILES string of the molecule is C[N+](C)(CC(=O)c1ccc(C(=O)C[N+](C)(C)CC2CCCCC2OC(=O)c2ccccc2)cc1)CC1CCCCC1OC(=O)c1ccccc1. The Balaban J connectivity index is 1.13. The number of nitrogens with zero attached hydrogens (tertiary/aromatic N) is 2. The summed E-state index contributed by atoms with van der Waals surface area (Å²) < 4.78 is 12.9. The van der Waals surface area contributed by atoms with Gasteiger partial charge in [0, 0.05) is 23.0 Å². The van der Waals surface area contributed by atoms with E-state index in [1.54, 1.807) is 48.5 Å². The first-order valence-corrected chi connectivity index (χ1v) is 18.2. The van der Waals surface area contributed by atoms with Gasteiger partial charge in [-0.3, -0.25) is 9.59 Å². The Morgan fingerprint density at radius 2 is 0.840 bits per heavy atom. The van der Waals surface area contributed by atoms with Gasteiger partial charge in [0.05, 0.1) is 52.4 Å². The van der Waals surface area contributed by atoms with E-state index in [1.165, 1.54) is 0 Å². The van der Waals surface area contributed by atoms with Crippen LogP contribution in [0.1, 0.15) is 92.8 Å². The molecule has 8 nitrogen and oxygen atoms in total. The largest absolute Gasteiger partial charge is 0.458 e. The molecule has 0 radical (unpaired) electrons. The van der Waals surface area contributed by atoms with Crippen LogP contribution < -0.4 is 0 Å². The molecule has 0 aromatic heterocycles. The Morgan fingerprint density at radius 3 is 1.20 bits per heavy atom. The maximum absolute atomic E-state index is 13.5. The summed E-state index contributed by atoms with van der Waals surface area (Å²) in [6, 6.07) is 25.3. The molecule has 0 aliphatic heterocycles. The van der Waals surface area contributed by atoms with Crippen molar-refractivity contribution in [2.24, 2.45) is 11.8 Å². The number of ether oxygens (including phenoxy) is 2. The van der Waals surface area contributed by atoms with Gasteiger partial charge in [-0.25, -0.2) is 9.59 Å². The first-order chi connectivity index (χ1) is 23.9. The van der Waals surface area contributed by atoms with Gasteiger partial charge in [-0.2, -0.15) is 0 Å². The van der Waals surface area contributed by atoms with E-state index in [-0.39, 0.29) is 47.5 Å². The van der Waals surface area contributed by atoms with Crippen molar-refractivity contribution in [3.8, 4) is 0 Å². The third kappa shape index (κ3) is 10.4. The Labute approximate surface area is 297 Å². The quantitative estimate of drug-likeness (QED) is 0.103. The van der Waals surface area contributed by atoms with E-state index in [1.807, 2.05) is 36.4 Å². The molecule has 0 heterocycles. The molecule has 0 spiro atoms. The summed E-state index contributed by atoms with van der Waals surface area (Å²) in [4.78, 5) is 52.5. The average Bonchev–Trinajstić information content (AvgIpc) is 3.10. The third-order valence-electron chi connectivity index (χ3n) is 10.3. The lowest BCUT2D eigenvalue weighted by Gasteiger charge is -2.38. The molecule has 2 fully saturated rings. The first kappa shape index (κ1) is 37.1. The van der Waals surface area contributed by atoms with E-state index >= 15 is 0 Å². The smallest absolute Gasteiger partial charge is 0.338 e. The van der Waals surface area contributed by atoms with Crippen LogP contribution in [0.4, 0.5) is 0 Å². The van der Waals surface area contributed by atoms with Gasteiger partial charge in [0.15, 0.2) is 0 Å². The molecule has 0 N–H and O–H groups in total. The maximum atomic E-state index is 13.5. The molecule has 3 aromatic carbocycles. The van der Waals surface area contributed by atoms with Gasteiger partial charge >= 0.3 is 11.9 Å². The molecule has 0 bridgehead atoms. The third-order valence-corrected chi connectivity index (χ3v) is 10.3. The van der Waals surface area contributed by atoms with Crippen molar-refractivity contribution < 1.29 is 37.6 Å². The van der Waals surface area contributed by atoms with Crippen LogP contribution in [0, 0.1) is 11.8 Å². The van der Waals surface area contributed by atoms with Crippen molar-refractivity contribution in [2.75, 3.05) is 54.4 Å². The lowest BCUT2D eigenvalue weighted by molar-refractivity contribution is -0.885. The van der Waals surface area contributed by atoms with Crippen LogP contribution in [0.3, 0.4) is 0 Å². The van der Waals surface area contributed by atoms with Gasteiger partial charge in [-0.15, -0.1) is 0 Å².